The monoisotopic (exact) mass is 430 g/mol. The fourth-order valence-corrected chi connectivity index (χ4v) is 5.57. The van der Waals surface area contributed by atoms with E-state index in [9.17, 15) is 14.4 Å². The standard InChI is InChI=1S/C21H26N4O4S/c1-13-4-5-14-16(11-13)30-20(18(14)19(22)27)23-17(26)12-24-6-8-25(9-7-24)21(28)15-3-2-10-29-15/h2-3,10,13H,4-9,11-12H2,1H3,(H2,22,27)(H,23,26). The molecular formula is C21H26N4O4S. The number of furan rings is 1. The molecule has 0 bridgehead atoms. The average molecular weight is 431 g/mol. The van der Waals surface area contributed by atoms with Crippen LogP contribution < -0.4 is 11.1 Å². The number of rotatable bonds is 5. The first kappa shape index (κ1) is 20.6. The largest absolute Gasteiger partial charge is 0.459 e. The first-order chi connectivity index (χ1) is 14.4. The Labute approximate surface area is 179 Å². The van der Waals surface area contributed by atoms with E-state index in [2.05, 4.69) is 12.2 Å². The summed E-state index contributed by atoms with van der Waals surface area (Å²) in [6.07, 6.45) is 4.25. The minimum absolute atomic E-state index is 0.131. The predicted octanol–water partition coefficient (Wildman–Crippen LogP) is 1.96. The molecule has 0 aromatic carbocycles. The van der Waals surface area contributed by atoms with E-state index in [0.717, 1.165) is 29.7 Å². The summed E-state index contributed by atoms with van der Waals surface area (Å²) >= 11 is 1.47. The summed E-state index contributed by atoms with van der Waals surface area (Å²) in [4.78, 5) is 41.9. The second-order valence-electron chi connectivity index (χ2n) is 8.01. The molecular weight excluding hydrogens is 404 g/mol. The number of piperazine rings is 1. The van der Waals surface area contributed by atoms with E-state index < -0.39 is 5.91 Å². The van der Waals surface area contributed by atoms with Crippen molar-refractivity contribution in [3.8, 4) is 0 Å². The molecule has 2 aliphatic rings. The van der Waals surface area contributed by atoms with Crippen molar-refractivity contribution in [2.45, 2.75) is 26.2 Å². The molecule has 3 heterocycles. The van der Waals surface area contributed by atoms with Gasteiger partial charge in [0.25, 0.3) is 11.8 Å². The average Bonchev–Trinajstić information content (AvgIpc) is 3.35. The number of fused-ring (bicyclic) bond motifs is 1. The fourth-order valence-electron chi connectivity index (χ4n) is 4.13. The van der Waals surface area contributed by atoms with Crippen LogP contribution in [0.4, 0.5) is 5.00 Å². The van der Waals surface area contributed by atoms with Gasteiger partial charge in [0.1, 0.15) is 5.00 Å². The summed E-state index contributed by atoms with van der Waals surface area (Å²) in [5.41, 5.74) is 7.10. The van der Waals surface area contributed by atoms with E-state index >= 15 is 0 Å². The van der Waals surface area contributed by atoms with Crippen LogP contribution in [-0.4, -0.2) is 60.2 Å². The molecule has 8 nitrogen and oxygen atoms in total. The highest BCUT2D eigenvalue weighted by molar-refractivity contribution is 7.17. The topological polar surface area (TPSA) is 109 Å². The summed E-state index contributed by atoms with van der Waals surface area (Å²) < 4.78 is 5.17. The van der Waals surface area contributed by atoms with Crippen LogP contribution in [0, 0.1) is 5.92 Å². The number of nitrogens with one attached hydrogen (secondary N) is 1. The zero-order valence-corrected chi connectivity index (χ0v) is 17.8. The van der Waals surface area contributed by atoms with Gasteiger partial charge in [-0.2, -0.15) is 0 Å². The minimum Gasteiger partial charge on any atom is -0.459 e. The second kappa shape index (κ2) is 8.61. The molecule has 1 aliphatic carbocycles. The quantitative estimate of drug-likeness (QED) is 0.754. The highest BCUT2D eigenvalue weighted by Crippen LogP contribution is 2.39. The molecule has 1 fully saturated rings. The Morgan fingerprint density at radius 1 is 1.27 bits per heavy atom. The number of hydrogen-bond donors (Lipinski definition) is 2. The van der Waals surface area contributed by atoms with Crippen LogP contribution in [0.15, 0.2) is 22.8 Å². The van der Waals surface area contributed by atoms with Crippen LogP contribution in [0.3, 0.4) is 0 Å². The zero-order valence-electron chi connectivity index (χ0n) is 17.0. The van der Waals surface area contributed by atoms with Gasteiger partial charge in [0, 0.05) is 31.1 Å². The summed E-state index contributed by atoms with van der Waals surface area (Å²) in [5.74, 6) is 0.114. The van der Waals surface area contributed by atoms with Crippen LogP contribution in [-0.2, 0) is 17.6 Å². The zero-order chi connectivity index (χ0) is 21.3. The van der Waals surface area contributed by atoms with Crippen molar-refractivity contribution >= 4 is 34.1 Å². The molecule has 9 heteroatoms. The SMILES string of the molecule is CC1CCc2c(sc(NC(=O)CN3CCN(C(=O)c4ccco4)CC3)c2C(N)=O)C1. The fraction of sp³-hybridized carbons (Fsp3) is 0.476. The van der Waals surface area contributed by atoms with Crippen molar-refractivity contribution in [1.82, 2.24) is 9.80 Å². The van der Waals surface area contributed by atoms with Gasteiger partial charge in [0.2, 0.25) is 5.91 Å². The highest BCUT2D eigenvalue weighted by Gasteiger charge is 2.28. The lowest BCUT2D eigenvalue weighted by atomic mass is 9.88. The number of primary amides is 1. The van der Waals surface area contributed by atoms with Crippen molar-refractivity contribution in [3.05, 3.63) is 40.2 Å². The normalized spacial score (nSPS) is 19.4. The van der Waals surface area contributed by atoms with Crippen molar-refractivity contribution in [2.75, 3.05) is 38.0 Å². The molecule has 4 rings (SSSR count). The Bertz CT molecular complexity index is 945. The molecule has 0 radical (unpaired) electrons. The van der Waals surface area contributed by atoms with Crippen LogP contribution >= 0.6 is 11.3 Å². The second-order valence-corrected chi connectivity index (χ2v) is 9.12. The number of amides is 3. The van der Waals surface area contributed by atoms with Crippen LogP contribution in [0.5, 0.6) is 0 Å². The van der Waals surface area contributed by atoms with Crippen LogP contribution in [0.25, 0.3) is 0 Å². The van der Waals surface area contributed by atoms with E-state index in [0.29, 0.717) is 48.4 Å². The molecule has 0 saturated carbocycles. The summed E-state index contributed by atoms with van der Waals surface area (Å²) in [5, 5.41) is 3.48. The predicted molar refractivity (Wildman–Crippen MR) is 114 cm³/mol. The van der Waals surface area contributed by atoms with Crippen molar-refractivity contribution in [3.63, 3.8) is 0 Å². The van der Waals surface area contributed by atoms with E-state index in [4.69, 9.17) is 10.2 Å². The Kier molecular flexibility index (Phi) is 5.92. The number of nitrogens with two attached hydrogens (primary N) is 1. The van der Waals surface area contributed by atoms with Gasteiger partial charge in [-0.15, -0.1) is 11.3 Å². The lowest BCUT2D eigenvalue weighted by Gasteiger charge is -2.33. The van der Waals surface area contributed by atoms with Gasteiger partial charge in [0.05, 0.1) is 18.4 Å². The van der Waals surface area contributed by atoms with Crippen molar-refractivity contribution in [1.29, 1.82) is 0 Å². The van der Waals surface area contributed by atoms with Crippen LogP contribution in [0.2, 0.25) is 0 Å². The molecule has 1 unspecified atom stereocenters. The maximum Gasteiger partial charge on any atom is 0.289 e. The summed E-state index contributed by atoms with van der Waals surface area (Å²) in [6, 6.07) is 3.34. The Balaban J connectivity index is 1.35. The minimum atomic E-state index is -0.484. The number of thiophene rings is 1. The first-order valence-electron chi connectivity index (χ1n) is 10.2. The van der Waals surface area contributed by atoms with Crippen molar-refractivity contribution in [2.24, 2.45) is 11.7 Å². The number of hydrogen-bond acceptors (Lipinski definition) is 6. The van der Waals surface area contributed by atoms with E-state index in [-0.39, 0.29) is 18.4 Å². The Morgan fingerprint density at radius 2 is 2.03 bits per heavy atom. The van der Waals surface area contributed by atoms with Crippen molar-refractivity contribution < 1.29 is 18.8 Å². The van der Waals surface area contributed by atoms with Gasteiger partial charge in [-0.3, -0.25) is 19.3 Å². The molecule has 2 aromatic rings. The van der Waals surface area contributed by atoms with Gasteiger partial charge in [0.15, 0.2) is 5.76 Å². The van der Waals surface area contributed by atoms with Gasteiger partial charge in [-0.25, -0.2) is 0 Å². The maximum absolute atomic E-state index is 12.6. The molecule has 0 spiro atoms. The molecule has 3 amide bonds. The molecule has 1 aliphatic heterocycles. The van der Waals surface area contributed by atoms with E-state index in [1.54, 1.807) is 17.0 Å². The molecule has 1 saturated heterocycles. The van der Waals surface area contributed by atoms with Gasteiger partial charge in [-0.1, -0.05) is 6.92 Å². The molecule has 30 heavy (non-hydrogen) atoms. The highest BCUT2D eigenvalue weighted by atomic mass is 32.1. The summed E-state index contributed by atoms with van der Waals surface area (Å²) in [6.45, 7) is 4.66. The smallest absolute Gasteiger partial charge is 0.289 e. The third-order valence-electron chi connectivity index (χ3n) is 5.77. The van der Waals surface area contributed by atoms with Crippen LogP contribution in [0.1, 0.15) is 44.7 Å². The number of carbonyl (C=O) groups is 3. The molecule has 3 N–H and O–H groups in total. The number of carbonyl (C=O) groups excluding carboxylic acids is 3. The summed E-state index contributed by atoms with van der Waals surface area (Å²) in [7, 11) is 0. The third-order valence-corrected chi connectivity index (χ3v) is 6.94. The molecule has 160 valence electrons. The molecule has 2 aromatic heterocycles. The molecule has 1 atom stereocenters. The first-order valence-corrected chi connectivity index (χ1v) is 11.0. The lowest BCUT2D eigenvalue weighted by Crippen LogP contribution is -2.50. The van der Waals surface area contributed by atoms with E-state index in [1.807, 2.05) is 4.90 Å². The van der Waals surface area contributed by atoms with Gasteiger partial charge < -0.3 is 20.4 Å². The lowest BCUT2D eigenvalue weighted by molar-refractivity contribution is -0.117. The maximum atomic E-state index is 12.6. The van der Waals surface area contributed by atoms with Gasteiger partial charge in [-0.05, 0) is 42.9 Å². The third kappa shape index (κ3) is 4.27. The Hall–Kier alpha value is -2.65. The van der Waals surface area contributed by atoms with Gasteiger partial charge >= 0.3 is 0 Å². The Morgan fingerprint density at radius 3 is 2.70 bits per heavy atom. The number of nitrogens with zero attached hydrogens (tertiary/aromatic N) is 2. The number of anilines is 1. The van der Waals surface area contributed by atoms with E-state index in [1.165, 1.54) is 17.6 Å².